The summed E-state index contributed by atoms with van der Waals surface area (Å²) in [6.45, 7) is 2.43. The number of hydrogen-bond donors (Lipinski definition) is 1. The number of likely N-dealkylation sites (tertiary alicyclic amines) is 1. The summed E-state index contributed by atoms with van der Waals surface area (Å²) in [5.74, 6) is 0.776. The fourth-order valence-electron chi connectivity index (χ4n) is 2.02. The van der Waals surface area contributed by atoms with E-state index in [0.29, 0.717) is 11.3 Å². The first kappa shape index (κ1) is 13.3. The summed E-state index contributed by atoms with van der Waals surface area (Å²) in [5, 5.41) is 2.68. The average Bonchev–Trinajstić information content (AvgIpc) is 2.75. The average molecular weight is 259 g/mol. The van der Waals surface area contributed by atoms with Gasteiger partial charge in [-0.3, -0.25) is 4.79 Å². The molecule has 5 nitrogen and oxygen atoms in total. The highest BCUT2D eigenvalue weighted by Gasteiger charge is 2.15. The normalized spacial score (nSPS) is 16.7. The van der Waals surface area contributed by atoms with Gasteiger partial charge in [0.25, 0.3) is 0 Å². The van der Waals surface area contributed by atoms with Gasteiger partial charge in [0, 0.05) is 31.3 Å². The van der Waals surface area contributed by atoms with E-state index in [-0.39, 0.29) is 5.78 Å². The Balaban J connectivity index is 2.07. The molecule has 1 aromatic rings. The van der Waals surface area contributed by atoms with E-state index < -0.39 is 6.03 Å². The Morgan fingerprint density at radius 2 is 2.16 bits per heavy atom. The van der Waals surface area contributed by atoms with Crippen molar-refractivity contribution in [2.45, 2.75) is 19.8 Å². The molecular formula is C14H17N3O2. The molecule has 2 rings (SSSR count). The first-order valence-corrected chi connectivity index (χ1v) is 6.27. The van der Waals surface area contributed by atoms with Crippen molar-refractivity contribution in [3.05, 3.63) is 29.8 Å². The largest absolute Gasteiger partial charge is 0.363 e. The summed E-state index contributed by atoms with van der Waals surface area (Å²) in [5.41, 5.74) is 1.16. The molecule has 1 saturated heterocycles. The smallest absolute Gasteiger partial charge is 0.347 e. The highest BCUT2D eigenvalue weighted by Crippen LogP contribution is 2.13. The number of amides is 2. The van der Waals surface area contributed by atoms with Crippen LogP contribution in [-0.2, 0) is 0 Å². The maximum absolute atomic E-state index is 11.8. The molecule has 19 heavy (non-hydrogen) atoms. The summed E-state index contributed by atoms with van der Waals surface area (Å²) in [4.78, 5) is 29.1. The topological polar surface area (TPSA) is 61.8 Å². The van der Waals surface area contributed by atoms with Gasteiger partial charge in [-0.1, -0.05) is 12.1 Å². The third-order valence-corrected chi connectivity index (χ3v) is 3.09. The van der Waals surface area contributed by atoms with Gasteiger partial charge in [0.1, 0.15) is 5.84 Å². The van der Waals surface area contributed by atoms with Crippen molar-refractivity contribution in [2.24, 2.45) is 4.99 Å². The van der Waals surface area contributed by atoms with E-state index >= 15 is 0 Å². The van der Waals surface area contributed by atoms with Crippen molar-refractivity contribution in [1.29, 1.82) is 0 Å². The molecule has 0 spiro atoms. The van der Waals surface area contributed by atoms with Crippen LogP contribution in [0.3, 0.4) is 0 Å². The number of Topliss-reactive ketones (excluding diaryl/α,β-unsaturated/α-hetero) is 1. The lowest BCUT2D eigenvalue weighted by molar-refractivity contribution is 0.101. The van der Waals surface area contributed by atoms with Gasteiger partial charge in [-0.05, 0) is 25.5 Å². The predicted octanol–water partition coefficient (Wildman–Crippen LogP) is 2.55. The van der Waals surface area contributed by atoms with Gasteiger partial charge in [0.15, 0.2) is 5.78 Å². The molecule has 1 fully saturated rings. The molecule has 1 N–H and O–H groups in total. The lowest BCUT2D eigenvalue weighted by Crippen LogP contribution is -2.21. The summed E-state index contributed by atoms with van der Waals surface area (Å²) in [6.07, 6.45) is 1.86. The molecule has 0 bridgehead atoms. The van der Waals surface area contributed by atoms with E-state index in [1.54, 1.807) is 24.3 Å². The Morgan fingerprint density at radius 3 is 2.79 bits per heavy atom. The summed E-state index contributed by atoms with van der Waals surface area (Å²) >= 11 is 0. The van der Waals surface area contributed by atoms with Crippen molar-refractivity contribution in [1.82, 2.24) is 4.90 Å². The number of carbonyl (C=O) groups excluding carboxylic acids is 2. The van der Waals surface area contributed by atoms with Gasteiger partial charge >= 0.3 is 6.03 Å². The minimum atomic E-state index is -0.399. The molecule has 100 valence electrons. The molecular weight excluding hydrogens is 242 g/mol. The zero-order chi connectivity index (χ0) is 13.8. The fraction of sp³-hybridized carbons (Fsp3) is 0.357. The minimum Gasteiger partial charge on any atom is -0.363 e. The van der Waals surface area contributed by atoms with Gasteiger partial charge in [0.05, 0.1) is 0 Å². The van der Waals surface area contributed by atoms with Crippen LogP contribution in [0.2, 0.25) is 0 Å². The second-order valence-electron chi connectivity index (χ2n) is 4.62. The van der Waals surface area contributed by atoms with Crippen LogP contribution in [-0.4, -0.2) is 36.1 Å². The van der Waals surface area contributed by atoms with Crippen LogP contribution in [0.5, 0.6) is 0 Å². The van der Waals surface area contributed by atoms with E-state index in [1.807, 2.05) is 11.9 Å². The third kappa shape index (κ3) is 3.40. The number of nitrogens with zero attached hydrogens (tertiary/aromatic N) is 2. The molecule has 0 saturated carbocycles. The van der Waals surface area contributed by atoms with Gasteiger partial charge in [-0.15, -0.1) is 0 Å². The van der Waals surface area contributed by atoms with Crippen molar-refractivity contribution in [3.8, 4) is 0 Å². The Bertz CT molecular complexity index is 537. The van der Waals surface area contributed by atoms with Crippen LogP contribution in [0.25, 0.3) is 0 Å². The maximum Gasteiger partial charge on any atom is 0.347 e. The van der Waals surface area contributed by atoms with Gasteiger partial charge in [-0.2, -0.15) is 4.99 Å². The van der Waals surface area contributed by atoms with E-state index in [0.717, 1.165) is 25.2 Å². The Kier molecular flexibility index (Phi) is 3.94. The maximum atomic E-state index is 11.8. The van der Waals surface area contributed by atoms with Gasteiger partial charge in [-0.25, -0.2) is 4.79 Å². The summed E-state index contributed by atoms with van der Waals surface area (Å²) in [6, 6.07) is 6.45. The minimum absolute atomic E-state index is 0.0297. The number of nitrogens with one attached hydrogen (secondary N) is 1. The second kappa shape index (κ2) is 5.65. The third-order valence-electron chi connectivity index (χ3n) is 3.09. The molecule has 1 aliphatic rings. The van der Waals surface area contributed by atoms with Crippen molar-refractivity contribution >= 4 is 23.3 Å². The van der Waals surface area contributed by atoms with Crippen molar-refractivity contribution < 1.29 is 9.59 Å². The summed E-state index contributed by atoms with van der Waals surface area (Å²) in [7, 11) is 1.93. The number of hydrogen-bond acceptors (Lipinski definition) is 2. The number of urea groups is 1. The molecule has 0 aromatic heterocycles. The highest BCUT2D eigenvalue weighted by atomic mass is 16.2. The van der Waals surface area contributed by atoms with Crippen molar-refractivity contribution in [2.75, 3.05) is 18.9 Å². The number of benzene rings is 1. The zero-order valence-electron chi connectivity index (χ0n) is 11.1. The number of aliphatic imine (C=N–C) groups is 1. The monoisotopic (exact) mass is 259 g/mol. The number of anilines is 1. The molecule has 0 radical (unpaired) electrons. The van der Waals surface area contributed by atoms with E-state index in [9.17, 15) is 9.59 Å². The van der Waals surface area contributed by atoms with Crippen LogP contribution in [0.1, 0.15) is 30.1 Å². The number of amidine groups is 1. The van der Waals surface area contributed by atoms with Crippen LogP contribution in [0.15, 0.2) is 29.3 Å². The first-order valence-electron chi connectivity index (χ1n) is 6.27. The van der Waals surface area contributed by atoms with Crippen LogP contribution in [0.4, 0.5) is 10.5 Å². The van der Waals surface area contributed by atoms with Crippen LogP contribution in [0, 0.1) is 0 Å². The highest BCUT2D eigenvalue weighted by molar-refractivity contribution is 6.01. The van der Waals surface area contributed by atoms with Crippen LogP contribution >= 0.6 is 0 Å². The Morgan fingerprint density at radius 1 is 1.37 bits per heavy atom. The number of carbonyl (C=O) groups is 2. The lowest BCUT2D eigenvalue weighted by Gasteiger charge is -2.10. The SMILES string of the molecule is CC(=O)c1cccc(NC(=O)/N=C2/CCCN2C)c1. The molecule has 2 amide bonds. The molecule has 1 aromatic carbocycles. The predicted molar refractivity (Wildman–Crippen MR) is 74.8 cm³/mol. The van der Waals surface area contributed by atoms with Gasteiger partial charge in [0.2, 0.25) is 0 Å². The second-order valence-corrected chi connectivity index (χ2v) is 4.62. The molecule has 0 unspecified atom stereocenters. The molecule has 5 heteroatoms. The molecule has 1 aliphatic heterocycles. The lowest BCUT2D eigenvalue weighted by atomic mass is 10.1. The number of rotatable bonds is 2. The zero-order valence-corrected chi connectivity index (χ0v) is 11.1. The van der Waals surface area contributed by atoms with Gasteiger partial charge < -0.3 is 10.2 Å². The Labute approximate surface area is 112 Å². The first-order chi connectivity index (χ1) is 9.06. The molecule has 1 heterocycles. The van der Waals surface area contributed by atoms with Crippen LogP contribution < -0.4 is 5.32 Å². The quantitative estimate of drug-likeness (QED) is 0.830. The van der Waals surface area contributed by atoms with E-state index in [4.69, 9.17) is 0 Å². The molecule has 0 aliphatic carbocycles. The Hall–Kier alpha value is -2.17. The fourth-order valence-corrected chi connectivity index (χ4v) is 2.02. The molecule has 0 atom stereocenters. The summed E-state index contributed by atoms with van der Waals surface area (Å²) < 4.78 is 0. The van der Waals surface area contributed by atoms with E-state index in [2.05, 4.69) is 10.3 Å². The number of ketones is 1. The van der Waals surface area contributed by atoms with Crippen molar-refractivity contribution in [3.63, 3.8) is 0 Å². The van der Waals surface area contributed by atoms with E-state index in [1.165, 1.54) is 6.92 Å². The standard InChI is InChI=1S/C14H17N3O2/c1-10(18)11-5-3-6-12(9-11)15-14(19)16-13-7-4-8-17(13)2/h3,5-6,9H,4,7-8H2,1-2H3,(H,15,19)/b16-13-.